The van der Waals surface area contributed by atoms with Gasteiger partial charge in [-0.2, -0.15) is 0 Å². The Bertz CT molecular complexity index is 616. The second-order valence-corrected chi connectivity index (χ2v) is 6.30. The van der Waals surface area contributed by atoms with E-state index in [2.05, 4.69) is 18.8 Å². The summed E-state index contributed by atoms with van der Waals surface area (Å²) in [6, 6.07) is 7.21. The van der Waals surface area contributed by atoms with Crippen molar-refractivity contribution in [2.24, 2.45) is 5.92 Å². The van der Waals surface area contributed by atoms with E-state index in [4.69, 9.17) is 16.3 Å². The van der Waals surface area contributed by atoms with Crippen LogP contribution in [0.2, 0.25) is 5.02 Å². The van der Waals surface area contributed by atoms with Gasteiger partial charge in [0, 0.05) is 17.3 Å². The van der Waals surface area contributed by atoms with Crippen molar-refractivity contribution in [3.05, 3.63) is 35.5 Å². The van der Waals surface area contributed by atoms with Crippen LogP contribution in [0, 0.1) is 5.92 Å². The number of ether oxygens (including phenoxy) is 1. The minimum Gasteiger partial charge on any atom is -0.483 e. The van der Waals surface area contributed by atoms with Gasteiger partial charge in [-0.25, -0.2) is 0 Å². The predicted molar refractivity (Wildman–Crippen MR) is 84.6 cm³/mol. The van der Waals surface area contributed by atoms with Crippen molar-refractivity contribution < 1.29 is 9.53 Å². The van der Waals surface area contributed by atoms with Gasteiger partial charge in [-0.05, 0) is 30.2 Å². The third kappa shape index (κ3) is 3.87. The van der Waals surface area contributed by atoms with Crippen molar-refractivity contribution in [2.75, 3.05) is 12.4 Å². The van der Waals surface area contributed by atoms with Gasteiger partial charge < -0.3 is 4.74 Å². The molecule has 0 fully saturated rings. The van der Waals surface area contributed by atoms with Crippen LogP contribution in [-0.2, 0) is 4.79 Å². The Morgan fingerprint density at radius 2 is 2.20 bits per heavy atom. The quantitative estimate of drug-likeness (QED) is 0.830. The highest BCUT2D eigenvalue weighted by molar-refractivity contribution is 8.13. The maximum atomic E-state index is 11.7. The zero-order valence-corrected chi connectivity index (χ0v) is 13.0. The Morgan fingerprint density at radius 1 is 1.40 bits per heavy atom. The number of aromatic nitrogens is 1. The molecule has 2 aromatic rings. The summed E-state index contributed by atoms with van der Waals surface area (Å²) in [6.45, 7) is 4.21. The minimum absolute atomic E-state index is 0.0257. The molecule has 1 aromatic carbocycles. The molecule has 3 nitrogen and oxygen atoms in total. The number of benzene rings is 1. The molecule has 0 aliphatic carbocycles. The van der Waals surface area contributed by atoms with Crippen LogP contribution in [-0.4, -0.2) is 22.5 Å². The third-order valence-corrected chi connectivity index (χ3v) is 4.21. The molecule has 1 aromatic heterocycles. The SMILES string of the molecule is CC(C)CSC(=O)COc1ccc(Cl)c2cccnc12. The Labute approximate surface area is 127 Å². The van der Waals surface area contributed by atoms with E-state index in [1.54, 1.807) is 18.3 Å². The molecule has 0 spiro atoms. The van der Waals surface area contributed by atoms with Gasteiger partial charge in [-0.1, -0.05) is 37.2 Å². The van der Waals surface area contributed by atoms with Gasteiger partial charge in [0.05, 0.1) is 5.02 Å². The lowest BCUT2D eigenvalue weighted by atomic mass is 10.2. The number of pyridine rings is 1. The lowest BCUT2D eigenvalue weighted by molar-refractivity contribution is -0.112. The first-order valence-corrected chi connectivity index (χ1v) is 7.76. The number of halogens is 1. The second kappa shape index (κ2) is 6.95. The molecule has 0 N–H and O–H groups in total. The Balaban J connectivity index is 2.07. The Morgan fingerprint density at radius 3 is 2.95 bits per heavy atom. The van der Waals surface area contributed by atoms with Crippen LogP contribution >= 0.6 is 23.4 Å². The Hall–Kier alpha value is -1.26. The van der Waals surface area contributed by atoms with Crippen LogP contribution in [0.1, 0.15) is 13.8 Å². The van der Waals surface area contributed by atoms with E-state index in [1.165, 1.54) is 11.8 Å². The Kier molecular flexibility index (Phi) is 5.26. The molecule has 0 aliphatic heterocycles. The largest absolute Gasteiger partial charge is 0.483 e. The molecule has 106 valence electrons. The van der Waals surface area contributed by atoms with E-state index in [1.807, 2.05) is 12.1 Å². The van der Waals surface area contributed by atoms with Crippen molar-refractivity contribution in [1.82, 2.24) is 4.98 Å². The number of carbonyl (C=O) groups excluding carboxylic acids is 1. The number of carbonyl (C=O) groups is 1. The highest BCUT2D eigenvalue weighted by Gasteiger charge is 2.10. The van der Waals surface area contributed by atoms with Gasteiger partial charge in [0.2, 0.25) is 5.12 Å². The van der Waals surface area contributed by atoms with Crippen molar-refractivity contribution in [3.8, 4) is 5.75 Å². The fourth-order valence-corrected chi connectivity index (χ4v) is 2.54. The minimum atomic E-state index is 0.0257. The number of fused-ring (bicyclic) bond motifs is 1. The van der Waals surface area contributed by atoms with Crippen molar-refractivity contribution >= 4 is 39.4 Å². The van der Waals surface area contributed by atoms with E-state index < -0.39 is 0 Å². The fourth-order valence-electron chi connectivity index (χ4n) is 1.67. The molecule has 0 bridgehead atoms. The summed E-state index contributed by atoms with van der Waals surface area (Å²) in [7, 11) is 0. The molecule has 0 aliphatic rings. The summed E-state index contributed by atoms with van der Waals surface area (Å²) in [5, 5.41) is 1.48. The number of thioether (sulfide) groups is 1. The van der Waals surface area contributed by atoms with Crippen molar-refractivity contribution in [2.45, 2.75) is 13.8 Å². The summed E-state index contributed by atoms with van der Waals surface area (Å²) < 4.78 is 5.58. The molecular formula is C15H16ClNO2S. The summed E-state index contributed by atoms with van der Waals surface area (Å²) in [6.07, 6.45) is 1.68. The van der Waals surface area contributed by atoms with E-state index in [-0.39, 0.29) is 11.7 Å². The smallest absolute Gasteiger partial charge is 0.226 e. The number of rotatable bonds is 5. The van der Waals surface area contributed by atoms with Gasteiger partial charge >= 0.3 is 0 Å². The van der Waals surface area contributed by atoms with Crippen LogP contribution in [0.3, 0.4) is 0 Å². The number of hydrogen-bond acceptors (Lipinski definition) is 4. The molecule has 2 rings (SSSR count). The molecular weight excluding hydrogens is 294 g/mol. The van der Waals surface area contributed by atoms with Gasteiger partial charge in [0.1, 0.15) is 11.3 Å². The summed E-state index contributed by atoms with van der Waals surface area (Å²) in [5.74, 6) is 1.88. The van der Waals surface area contributed by atoms with Crippen LogP contribution in [0.25, 0.3) is 10.9 Å². The fraction of sp³-hybridized carbons (Fsp3) is 0.333. The molecule has 20 heavy (non-hydrogen) atoms. The third-order valence-electron chi connectivity index (χ3n) is 2.60. The molecule has 0 amide bonds. The molecule has 0 saturated carbocycles. The molecule has 0 atom stereocenters. The maximum absolute atomic E-state index is 11.7. The predicted octanol–water partition coefficient (Wildman–Crippen LogP) is 4.18. The van der Waals surface area contributed by atoms with E-state index in [9.17, 15) is 4.79 Å². The van der Waals surface area contributed by atoms with Crippen molar-refractivity contribution in [1.29, 1.82) is 0 Å². The van der Waals surface area contributed by atoms with Gasteiger partial charge in [0.15, 0.2) is 6.61 Å². The molecule has 0 saturated heterocycles. The average Bonchev–Trinajstić information content (AvgIpc) is 2.45. The maximum Gasteiger partial charge on any atom is 0.226 e. The average molecular weight is 310 g/mol. The van der Waals surface area contributed by atoms with Gasteiger partial charge in [-0.3, -0.25) is 9.78 Å². The molecule has 0 radical (unpaired) electrons. The summed E-state index contributed by atoms with van der Waals surface area (Å²) in [4.78, 5) is 16.0. The highest BCUT2D eigenvalue weighted by atomic mass is 35.5. The van der Waals surface area contributed by atoms with Crippen molar-refractivity contribution in [3.63, 3.8) is 0 Å². The first-order chi connectivity index (χ1) is 9.58. The molecule has 1 heterocycles. The number of hydrogen-bond donors (Lipinski definition) is 0. The first-order valence-electron chi connectivity index (χ1n) is 6.39. The highest BCUT2D eigenvalue weighted by Crippen LogP contribution is 2.29. The molecule has 0 unspecified atom stereocenters. The summed E-state index contributed by atoms with van der Waals surface area (Å²) in [5.41, 5.74) is 0.682. The van der Waals surface area contributed by atoms with Crippen LogP contribution in [0.4, 0.5) is 0 Å². The van der Waals surface area contributed by atoms with Crippen LogP contribution in [0.5, 0.6) is 5.75 Å². The zero-order valence-electron chi connectivity index (χ0n) is 11.4. The van der Waals surface area contributed by atoms with E-state index >= 15 is 0 Å². The zero-order chi connectivity index (χ0) is 14.5. The topological polar surface area (TPSA) is 39.2 Å². The second-order valence-electron chi connectivity index (χ2n) is 4.81. The van der Waals surface area contributed by atoms with Gasteiger partial charge in [0.25, 0.3) is 0 Å². The standard InChI is InChI=1S/C15H16ClNO2S/c1-10(2)9-20-14(18)8-19-13-6-5-12(16)11-4-3-7-17-15(11)13/h3-7,10H,8-9H2,1-2H3. The first kappa shape index (κ1) is 15.1. The lowest BCUT2D eigenvalue weighted by Gasteiger charge is -2.09. The van der Waals surface area contributed by atoms with Crippen LogP contribution in [0.15, 0.2) is 30.5 Å². The number of nitrogens with zero attached hydrogens (tertiary/aromatic N) is 1. The lowest BCUT2D eigenvalue weighted by Crippen LogP contribution is -2.09. The van der Waals surface area contributed by atoms with Crippen LogP contribution < -0.4 is 4.74 Å². The van der Waals surface area contributed by atoms with E-state index in [0.717, 1.165) is 11.1 Å². The van der Waals surface area contributed by atoms with Gasteiger partial charge in [-0.15, -0.1) is 0 Å². The summed E-state index contributed by atoms with van der Waals surface area (Å²) >= 11 is 7.41. The molecule has 5 heteroatoms. The normalized spacial score (nSPS) is 11.0. The monoisotopic (exact) mass is 309 g/mol. The van der Waals surface area contributed by atoms with E-state index in [0.29, 0.717) is 22.2 Å².